The molecule has 2 atom stereocenters. The molecular formula is C24H27F3N2O. The van der Waals surface area contributed by atoms with Crippen LogP contribution in [0.4, 0.5) is 18.9 Å². The Kier molecular flexibility index (Phi) is 4.73. The summed E-state index contributed by atoms with van der Waals surface area (Å²) in [6.07, 6.45) is -1.55. The molecule has 3 heterocycles. The topological polar surface area (TPSA) is 24.5 Å². The Morgan fingerprint density at radius 2 is 2.00 bits per heavy atom. The Bertz CT molecular complexity index is 970. The zero-order chi connectivity index (χ0) is 21.0. The molecule has 0 amide bonds. The number of nitrogens with one attached hydrogen (secondary N) is 1. The third-order valence-electron chi connectivity index (χ3n) is 6.58. The van der Waals surface area contributed by atoms with Crippen molar-refractivity contribution in [1.82, 2.24) is 5.32 Å². The predicted octanol–water partition coefficient (Wildman–Crippen LogP) is 5.37. The number of aryl methyl sites for hydroxylation is 1. The summed E-state index contributed by atoms with van der Waals surface area (Å²) in [7, 11) is 0. The summed E-state index contributed by atoms with van der Waals surface area (Å²) in [5.74, 6) is 0.606. The van der Waals surface area contributed by atoms with Crippen LogP contribution in [0.5, 0.6) is 5.75 Å². The number of rotatable bonds is 3. The number of halogens is 3. The summed E-state index contributed by atoms with van der Waals surface area (Å²) in [5, 5.41) is 3.48. The second-order valence-corrected chi connectivity index (χ2v) is 8.91. The van der Waals surface area contributed by atoms with Gasteiger partial charge in [-0.05, 0) is 86.2 Å². The number of ether oxygens (including phenoxy) is 1. The molecular weight excluding hydrogens is 389 g/mol. The number of anilines is 1. The lowest BCUT2D eigenvalue weighted by Crippen LogP contribution is -2.45. The van der Waals surface area contributed by atoms with Crippen molar-refractivity contribution in [3.05, 3.63) is 47.0 Å². The highest BCUT2D eigenvalue weighted by Crippen LogP contribution is 2.50. The number of hydrogen-bond acceptors (Lipinski definition) is 3. The van der Waals surface area contributed by atoms with Crippen molar-refractivity contribution < 1.29 is 17.9 Å². The zero-order valence-electron chi connectivity index (χ0n) is 17.4. The van der Waals surface area contributed by atoms with Crippen molar-refractivity contribution in [2.45, 2.75) is 57.3 Å². The van der Waals surface area contributed by atoms with Crippen LogP contribution in [0, 0.1) is 0 Å². The van der Waals surface area contributed by atoms with Crippen LogP contribution in [0.1, 0.15) is 49.3 Å². The van der Waals surface area contributed by atoms with Gasteiger partial charge in [-0.15, -0.1) is 0 Å². The fourth-order valence-electron chi connectivity index (χ4n) is 5.47. The maximum atomic E-state index is 14.0. The lowest BCUT2D eigenvalue weighted by atomic mass is 9.86. The van der Waals surface area contributed by atoms with Crippen molar-refractivity contribution in [3.63, 3.8) is 0 Å². The molecule has 6 heteroatoms. The van der Waals surface area contributed by atoms with E-state index in [2.05, 4.69) is 10.2 Å². The fraction of sp³-hybridized carbons (Fsp3) is 0.500. The summed E-state index contributed by atoms with van der Waals surface area (Å²) in [6, 6.07) is 8.85. The summed E-state index contributed by atoms with van der Waals surface area (Å²) in [5.41, 5.74) is 3.98. The van der Waals surface area contributed by atoms with E-state index in [1.165, 1.54) is 16.8 Å². The lowest BCUT2D eigenvalue weighted by Gasteiger charge is -2.36. The van der Waals surface area contributed by atoms with Crippen molar-refractivity contribution in [2.24, 2.45) is 0 Å². The van der Waals surface area contributed by atoms with Gasteiger partial charge in [0.2, 0.25) is 0 Å². The van der Waals surface area contributed by atoms with Crippen molar-refractivity contribution in [3.8, 4) is 16.9 Å². The number of hydrogen-bond donors (Lipinski definition) is 1. The van der Waals surface area contributed by atoms with Crippen molar-refractivity contribution in [2.75, 3.05) is 24.5 Å². The minimum absolute atomic E-state index is 0.178. The van der Waals surface area contributed by atoms with Gasteiger partial charge in [-0.1, -0.05) is 6.07 Å². The zero-order valence-corrected chi connectivity index (χ0v) is 17.4. The Morgan fingerprint density at radius 3 is 2.77 bits per heavy atom. The molecule has 1 fully saturated rings. The second-order valence-electron chi connectivity index (χ2n) is 8.91. The summed E-state index contributed by atoms with van der Waals surface area (Å²) >= 11 is 0. The molecule has 3 aliphatic heterocycles. The van der Waals surface area contributed by atoms with Gasteiger partial charge in [-0.3, -0.25) is 0 Å². The summed E-state index contributed by atoms with van der Waals surface area (Å²) < 4.78 is 47.5. The van der Waals surface area contributed by atoms with Crippen LogP contribution in [-0.4, -0.2) is 31.8 Å². The third kappa shape index (κ3) is 3.25. The van der Waals surface area contributed by atoms with E-state index in [0.717, 1.165) is 45.0 Å². The van der Waals surface area contributed by atoms with Crippen LogP contribution in [0.25, 0.3) is 11.1 Å². The van der Waals surface area contributed by atoms with Crippen LogP contribution < -0.4 is 15.0 Å². The first-order chi connectivity index (χ1) is 14.3. The summed E-state index contributed by atoms with van der Waals surface area (Å²) in [6.45, 7) is 6.57. The van der Waals surface area contributed by atoms with E-state index in [1.54, 1.807) is 12.1 Å². The standard InChI is InChI=1S/C24H27F3N2O/c1-14(2)30-17-5-6-18(21(12-17)24(25,26)27)16-10-15-4-3-9-29-22-7-8-28-13-20(22)19(11-16)23(15)29/h5-6,10-12,14,20,22,28H,3-4,7-9,13H2,1-2H3/t20-,22-/m0/s1. The highest BCUT2D eigenvalue weighted by Gasteiger charge is 2.43. The maximum Gasteiger partial charge on any atom is 0.417 e. The fourth-order valence-corrected chi connectivity index (χ4v) is 5.47. The van der Waals surface area contributed by atoms with Gasteiger partial charge in [0.15, 0.2) is 0 Å². The van der Waals surface area contributed by atoms with E-state index in [9.17, 15) is 13.2 Å². The molecule has 2 aromatic rings. The van der Waals surface area contributed by atoms with Gasteiger partial charge in [0.1, 0.15) is 5.75 Å². The molecule has 0 unspecified atom stereocenters. The largest absolute Gasteiger partial charge is 0.491 e. The van der Waals surface area contributed by atoms with Crippen molar-refractivity contribution in [1.29, 1.82) is 0 Å². The summed E-state index contributed by atoms with van der Waals surface area (Å²) in [4.78, 5) is 2.52. The van der Waals surface area contributed by atoms with Gasteiger partial charge in [0.25, 0.3) is 0 Å². The normalized spacial score (nSPS) is 22.8. The van der Waals surface area contributed by atoms with Gasteiger partial charge >= 0.3 is 6.18 Å². The van der Waals surface area contributed by atoms with Crippen molar-refractivity contribution >= 4 is 5.69 Å². The van der Waals surface area contributed by atoms with Crippen LogP contribution in [-0.2, 0) is 12.6 Å². The molecule has 1 N–H and O–H groups in total. The molecule has 1 saturated heterocycles. The predicted molar refractivity (Wildman–Crippen MR) is 112 cm³/mol. The first-order valence-corrected chi connectivity index (χ1v) is 10.9. The number of piperidine rings is 1. The minimum Gasteiger partial charge on any atom is -0.491 e. The average Bonchev–Trinajstić information content (AvgIpc) is 3.03. The van der Waals surface area contributed by atoms with Crippen LogP contribution in [0.2, 0.25) is 0 Å². The molecule has 0 spiro atoms. The van der Waals surface area contributed by atoms with Crippen LogP contribution >= 0.6 is 0 Å². The van der Waals surface area contributed by atoms with Gasteiger partial charge in [0.05, 0.1) is 11.7 Å². The highest BCUT2D eigenvalue weighted by molar-refractivity contribution is 5.78. The van der Waals surface area contributed by atoms with E-state index in [0.29, 0.717) is 17.5 Å². The molecule has 160 valence electrons. The SMILES string of the molecule is CC(C)Oc1ccc(-c2cc3c4c(c2)[C@@H]2CNCC[C@@H]2N4CCC3)c(C(F)(F)F)c1. The molecule has 3 aliphatic rings. The first kappa shape index (κ1) is 19.7. The van der Waals surface area contributed by atoms with Gasteiger partial charge in [-0.2, -0.15) is 13.2 Å². The van der Waals surface area contributed by atoms with Gasteiger partial charge < -0.3 is 15.0 Å². The van der Waals surface area contributed by atoms with Crippen LogP contribution in [0.3, 0.4) is 0 Å². The van der Waals surface area contributed by atoms with Gasteiger partial charge in [0, 0.05) is 30.7 Å². The Labute approximate surface area is 175 Å². The Balaban J connectivity index is 1.64. The molecule has 0 radical (unpaired) electrons. The molecule has 30 heavy (non-hydrogen) atoms. The van der Waals surface area contributed by atoms with E-state index in [1.807, 2.05) is 26.0 Å². The maximum absolute atomic E-state index is 14.0. The lowest BCUT2D eigenvalue weighted by molar-refractivity contribution is -0.137. The van der Waals surface area contributed by atoms with E-state index in [4.69, 9.17) is 4.74 Å². The van der Waals surface area contributed by atoms with Gasteiger partial charge in [-0.25, -0.2) is 0 Å². The third-order valence-corrected chi connectivity index (χ3v) is 6.58. The van der Waals surface area contributed by atoms with Crippen LogP contribution in [0.15, 0.2) is 30.3 Å². The monoisotopic (exact) mass is 416 g/mol. The van der Waals surface area contributed by atoms with E-state index >= 15 is 0 Å². The number of nitrogens with zero attached hydrogens (tertiary/aromatic N) is 1. The number of benzene rings is 2. The average molecular weight is 416 g/mol. The molecule has 0 aliphatic carbocycles. The molecule has 0 saturated carbocycles. The Morgan fingerprint density at radius 1 is 1.17 bits per heavy atom. The second kappa shape index (κ2) is 7.19. The number of alkyl halides is 3. The van der Waals surface area contributed by atoms with E-state index in [-0.39, 0.29) is 17.4 Å². The van der Waals surface area contributed by atoms with E-state index < -0.39 is 11.7 Å². The quantitative estimate of drug-likeness (QED) is 0.728. The highest BCUT2D eigenvalue weighted by atomic mass is 19.4. The molecule has 3 nitrogen and oxygen atoms in total. The molecule has 5 rings (SSSR count). The molecule has 2 aromatic carbocycles. The molecule has 0 aromatic heterocycles. The smallest absolute Gasteiger partial charge is 0.417 e. The first-order valence-electron chi connectivity index (χ1n) is 10.9. The molecule has 0 bridgehead atoms. The Hall–Kier alpha value is -2.21. The minimum atomic E-state index is -4.44. The number of fused-ring (bicyclic) bond motifs is 3.